The average molecular weight is 274 g/mol. The second kappa shape index (κ2) is 3.65. The van der Waals surface area contributed by atoms with E-state index in [-0.39, 0.29) is 0 Å². The molecule has 0 aromatic rings. The lowest BCUT2D eigenvalue weighted by atomic mass is 9.62. The first kappa shape index (κ1) is 13.7. The van der Waals surface area contributed by atoms with Crippen molar-refractivity contribution in [2.75, 3.05) is 6.61 Å². The first-order chi connectivity index (χ1) is 8.10. The van der Waals surface area contributed by atoms with Crippen LogP contribution in [0.3, 0.4) is 0 Å². The van der Waals surface area contributed by atoms with E-state index in [2.05, 4.69) is 0 Å². The molecule has 1 N–H and O–H groups in total. The molecule has 0 aromatic carbocycles. The highest BCUT2D eigenvalue weighted by atomic mass is 19.4. The van der Waals surface area contributed by atoms with Crippen molar-refractivity contribution in [2.24, 2.45) is 16.7 Å². The van der Waals surface area contributed by atoms with Gasteiger partial charge in [0.05, 0.1) is 10.8 Å². The van der Waals surface area contributed by atoms with E-state index in [1.807, 2.05) is 0 Å². The third-order valence-corrected chi connectivity index (χ3v) is 4.29. The summed E-state index contributed by atoms with van der Waals surface area (Å²) in [6.07, 6.45) is -10.1. The van der Waals surface area contributed by atoms with E-state index >= 15 is 0 Å². The molecule has 2 aliphatic carbocycles. The topological polar surface area (TPSA) is 20.2 Å². The highest BCUT2D eigenvalue weighted by Crippen LogP contribution is 2.72. The first-order valence-corrected chi connectivity index (χ1v) is 5.53. The van der Waals surface area contributed by atoms with Crippen LogP contribution >= 0.6 is 0 Å². The summed E-state index contributed by atoms with van der Waals surface area (Å²) in [5.74, 6) is -0.709. The Hall–Kier alpha value is -0.720. The van der Waals surface area contributed by atoms with Crippen molar-refractivity contribution < 1.29 is 31.4 Å². The lowest BCUT2D eigenvalue weighted by molar-refractivity contribution is -0.320. The maximum absolute atomic E-state index is 13.2. The van der Waals surface area contributed by atoms with E-state index in [1.54, 1.807) is 0 Å². The summed E-state index contributed by atoms with van der Waals surface area (Å²) in [6.45, 7) is -0.905. The molecule has 0 saturated heterocycles. The summed E-state index contributed by atoms with van der Waals surface area (Å²) in [5, 5.41) is 8.77. The predicted molar refractivity (Wildman–Crippen MR) is 50.5 cm³/mol. The van der Waals surface area contributed by atoms with Gasteiger partial charge in [0, 0.05) is 6.61 Å². The van der Waals surface area contributed by atoms with Crippen molar-refractivity contribution in [3.63, 3.8) is 0 Å². The van der Waals surface area contributed by atoms with Crippen LogP contribution in [-0.2, 0) is 0 Å². The molecule has 1 saturated carbocycles. The highest BCUT2D eigenvalue weighted by molar-refractivity contribution is 5.28. The van der Waals surface area contributed by atoms with E-state index in [1.165, 1.54) is 6.08 Å². The van der Waals surface area contributed by atoms with Crippen molar-refractivity contribution >= 4 is 0 Å². The number of aliphatic hydroxyl groups is 1. The quantitative estimate of drug-likeness (QED) is 0.604. The smallest absolute Gasteiger partial charge is 0.396 e. The molecule has 0 spiro atoms. The summed E-state index contributed by atoms with van der Waals surface area (Å²) in [4.78, 5) is 0. The molecule has 18 heavy (non-hydrogen) atoms. The molecule has 0 aliphatic heterocycles. The zero-order valence-corrected chi connectivity index (χ0v) is 9.28. The zero-order valence-electron chi connectivity index (χ0n) is 9.28. The molecule has 3 unspecified atom stereocenters. The number of hydrogen-bond donors (Lipinski definition) is 1. The summed E-state index contributed by atoms with van der Waals surface area (Å²) in [7, 11) is 0. The number of rotatable bonds is 2. The number of aliphatic hydroxyl groups excluding tert-OH is 1. The fourth-order valence-corrected chi connectivity index (χ4v) is 3.48. The lowest BCUT2D eigenvalue weighted by Gasteiger charge is -2.46. The number of alkyl halides is 6. The van der Waals surface area contributed by atoms with Gasteiger partial charge in [-0.2, -0.15) is 26.3 Å². The van der Waals surface area contributed by atoms with Crippen LogP contribution in [0.4, 0.5) is 26.3 Å². The Kier molecular flexibility index (Phi) is 2.78. The van der Waals surface area contributed by atoms with Gasteiger partial charge in [0.2, 0.25) is 0 Å². The second-order valence-electron chi connectivity index (χ2n) is 5.05. The minimum Gasteiger partial charge on any atom is -0.396 e. The summed E-state index contributed by atoms with van der Waals surface area (Å²) in [6, 6.07) is 0. The molecule has 0 radical (unpaired) electrons. The number of fused-ring (bicyclic) bond motifs is 2. The third kappa shape index (κ3) is 1.45. The van der Waals surface area contributed by atoms with Gasteiger partial charge in [-0.05, 0) is 25.2 Å². The Morgan fingerprint density at radius 2 is 1.67 bits per heavy atom. The van der Waals surface area contributed by atoms with Gasteiger partial charge >= 0.3 is 12.4 Å². The van der Waals surface area contributed by atoms with Crippen LogP contribution in [0.1, 0.15) is 19.3 Å². The molecule has 0 aromatic heterocycles. The van der Waals surface area contributed by atoms with Gasteiger partial charge in [0.1, 0.15) is 0 Å². The minimum atomic E-state index is -4.98. The number of allylic oxidation sites excluding steroid dienone is 2. The van der Waals surface area contributed by atoms with Gasteiger partial charge in [0.25, 0.3) is 0 Å². The SMILES string of the molecule is OCCC1(C(F)(F)F)CC2C=CC1(C(F)(F)F)C2. The van der Waals surface area contributed by atoms with E-state index < -0.39 is 55.0 Å². The molecule has 2 aliphatic rings. The van der Waals surface area contributed by atoms with Crippen LogP contribution in [0.5, 0.6) is 0 Å². The van der Waals surface area contributed by atoms with E-state index in [4.69, 9.17) is 5.11 Å². The molecular weight excluding hydrogens is 262 g/mol. The van der Waals surface area contributed by atoms with Crippen LogP contribution in [0.25, 0.3) is 0 Å². The molecule has 7 heteroatoms. The van der Waals surface area contributed by atoms with Gasteiger partial charge in [-0.15, -0.1) is 0 Å². The molecule has 0 heterocycles. The molecule has 2 bridgehead atoms. The summed E-state index contributed by atoms with van der Waals surface area (Å²) >= 11 is 0. The number of halogens is 6. The van der Waals surface area contributed by atoms with Crippen LogP contribution in [0.2, 0.25) is 0 Å². The fraction of sp³-hybridized carbons (Fsp3) is 0.818. The van der Waals surface area contributed by atoms with Gasteiger partial charge in [-0.3, -0.25) is 0 Å². The van der Waals surface area contributed by atoms with Crippen LogP contribution in [0.15, 0.2) is 12.2 Å². The van der Waals surface area contributed by atoms with Crippen molar-refractivity contribution in [3.05, 3.63) is 12.2 Å². The van der Waals surface area contributed by atoms with E-state index in [9.17, 15) is 26.3 Å². The molecule has 3 atom stereocenters. The molecule has 1 fully saturated rings. The first-order valence-electron chi connectivity index (χ1n) is 5.53. The molecule has 2 rings (SSSR count). The summed E-state index contributed by atoms with van der Waals surface area (Å²) in [5.41, 5.74) is -5.75. The molecule has 1 nitrogen and oxygen atoms in total. The Labute approximate surface area is 99.5 Å². The zero-order chi connectivity index (χ0) is 13.8. The maximum Gasteiger partial charge on any atom is 0.398 e. The van der Waals surface area contributed by atoms with Gasteiger partial charge in [-0.25, -0.2) is 0 Å². The largest absolute Gasteiger partial charge is 0.398 e. The van der Waals surface area contributed by atoms with Gasteiger partial charge < -0.3 is 5.11 Å². The third-order valence-electron chi connectivity index (χ3n) is 4.29. The van der Waals surface area contributed by atoms with Crippen molar-refractivity contribution in [1.29, 1.82) is 0 Å². The van der Waals surface area contributed by atoms with Crippen molar-refractivity contribution in [2.45, 2.75) is 31.6 Å². The number of hydrogen-bond acceptors (Lipinski definition) is 1. The second-order valence-corrected chi connectivity index (χ2v) is 5.05. The van der Waals surface area contributed by atoms with Crippen LogP contribution in [0, 0.1) is 16.7 Å². The fourth-order valence-electron chi connectivity index (χ4n) is 3.48. The Morgan fingerprint density at radius 3 is 2.06 bits per heavy atom. The summed E-state index contributed by atoms with van der Waals surface area (Å²) < 4.78 is 79.0. The Balaban J connectivity index is 2.57. The standard InChI is InChI=1S/C11H12F6O/c12-10(13,14)8-2-1-7(5-8)6-9(8,3-4-18)11(15,16)17/h1-2,7,18H,3-6H2. The molecule has 0 amide bonds. The van der Waals surface area contributed by atoms with Gasteiger partial charge in [-0.1, -0.05) is 12.2 Å². The van der Waals surface area contributed by atoms with E-state index in [0.717, 1.165) is 0 Å². The minimum absolute atomic E-state index is 0.560. The van der Waals surface area contributed by atoms with Gasteiger partial charge in [0.15, 0.2) is 0 Å². The van der Waals surface area contributed by atoms with Crippen molar-refractivity contribution in [1.82, 2.24) is 0 Å². The van der Waals surface area contributed by atoms with Crippen LogP contribution < -0.4 is 0 Å². The molecule has 104 valence electrons. The Morgan fingerprint density at radius 1 is 1.06 bits per heavy atom. The molecular formula is C11H12F6O. The maximum atomic E-state index is 13.2. The highest BCUT2D eigenvalue weighted by Gasteiger charge is 2.78. The Bertz CT molecular complexity index is 371. The lowest BCUT2D eigenvalue weighted by Crippen LogP contribution is -2.55. The van der Waals surface area contributed by atoms with Crippen LogP contribution in [-0.4, -0.2) is 24.1 Å². The average Bonchev–Trinajstić information content (AvgIpc) is 2.72. The monoisotopic (exact) mass is 274 g/mol. The normalized spacial score (nSPS) is 39.6. The van der Waals surface area contributed by atoms with Crippen molar-refractivity contribution in [3.8, 4) is 0 Å². The predicted octanol–water partition coefficient (Wildman–Crippen LogP) is 3.45. The van der Waals surface area contributed by atoms with E-state index in [0.29, 0.717) is 6.08 Å².